The van der Waals surface area contributed by atoms with E-state index in [1.807, 2.05) is 0 Å². The van der Waals surface area contributed by atoms with Crippen molar-refractivity contribution >= 4 is 36.8 Å². The van der Waals surface area contributed by atoms with Crippen molar-refractivity contribution in [1.82, 2.24) is 10.7 Å². The van der Waals surface area contributed by atoms with Gasteiger partial charge in [-0.15, -0.1) is 0 Å². The lowest BCUT2D eigenvalue weighted by atomic mass is 9.80. The Balaban J connectivity index is 2.11. The fourth-order valence-electron chi connectivity index (χ4n) is 4.11. The van der Waals surface area contributed by atoms with Crippen LogP contribution in [0.2, 0.25) is 0 Å². The lowest BCUT2D eigenvalue weighted by Gasteiger charge is -2.17. The number of carbonyl (C=O) groups excluding carboxylic acids is 2. The third kappa shape index (κ3) is 15.6. The molecule has 0 aliphatic carbocycles. The van der Waals surface area contributed by atoms with E-state index in [1.165, 1.54) is 63.9 Å². The SMILES string of the molecule is C=NNC(CCCCNC(=O)CCCCCCCCCCCCC)C(=O)Nc1cccc(B(O)O)c1. The summed E-state index contributed by atoms with van der Waals surface area (Å²) < 4.78 is 0. The molecule has 36 heavy (non-hydrogen) atoms. The third-order valence-corrected chi connectivity index (χ3v) is 6.27. The van der Waals surface area contributed by atoms with Gasteiger partial charge in [0.2, 0.25) is 11.8 Å². The summed E-state index contributed by atoms with van der Waals surface area (Å²) in [6.45, 7) is 6.23. The van der Waals surface area contributed by atoms with Gasteiger partial charge in [-0.25, -0.2) is 0 Å². The van der Waals surface area contributed by atoms with Gasteiger partial charge in [0.05, 0.1) is 0 Å². The Labute approximate surface area is 217 Å². The van der Waals surface area contributed by atoms with Crippen LogP contribution in [-0.2, 0) is 9.59 Å². The molecule has 0 fully saturated rings. The molecule has 8 nitrogen and oxygen atoms in total. The van der Waals surface area contributed by atoms with Crippen molar-refractivity contribution in [3.05, 3.63) is 24.3 Å². The van der Waals surface area contributed by atoms with Gasteiger partial charge in [-0.05, 0) is 43.3 Å². The van der Waals surface area contributed by atoms with Gasteiger partial charge >= 0.3 is 7.12 Å². The number of hydrogen-bond donors (Lipinski definition) is 5. The highest BCUT2D eigenvalue weighted by atomic mass is 16.4. The second kappa shape index (κ2) is 20.8. The van der Waals surface area contributed by atoms with Crippen LogP contribution < -0.4 is 21.5 Å². The van der Waals surface area contributed by atoms with Crippen LogP contribution in [0, 0.1) is 0 Å². The highest BCUT2D eigenvalue weighted by Crippen LogP contribution is 2.12. The molecule has 1 aromatic carbocycles. The topological polar surface area (TPSA) is 123 Å². The summed E-state index contributed by atoms with van der Waals surface area (Å²) in [7, 11) is -1.60. The van der Waals surface area contributed by atoms with Crippen molar-refractivity contribution in [1.29, 1.82) is 0 Å². The van der Waals surface area contributed by atoms with Crippen LogP contribution in [-0.4, -0.2) is 48.3 Å². The minimum Gasteiger partial charge on any atom is -0.423 e. The van der Waals surface area contributed by atoms with Crippen molar-refractivity contribution in [2.24, 2.45) is 5.10 Å². The molecule has 1 unspecified atom stereocenters. The Bertz CT molecular complexity index is 748. The lowest BCUT2D eigenvalue weighted by Crippen LogP contribution is -2.38. The molecule has 5 N–H and O–H groups in total. The first-order chi connectivity index (χ1) is 17.5. The van der Waals surface area contributed by atoms with Gasteiger partial charge in [-0.3, -0.25) is 15.0 Å². The molecule has 0 saturated heterocycles. The van der Waals surface area contributed by atoms with E-state index in [4.69, 9.17) is 0 Å². The molecule has 0 aromatic heterocycles. The summed E-state index contributed by atoms with van der Waals surface area (Å²) in [6.07, 6.45) is 16.5. The first-order valence-corrected chi connectivity index (χ1v) is 13.7. The summed E-state index contributed by atoms with van der Waals surface area (Å²) >= 11 is 0. The number of nitrogens with one attached hydrogen (secondary N) is 3. The van der Waals surface area contributed by atoms with E-state index in [0.29, 0.717) is 30.5 Å². The maximum absolute atomic E-state index is 12.6. The molecule has 0 aliphatic heterocycles. The van der Waals surface area contributed by atoms with Gasteiger partial charge < -0.3 is 20.7 Å². The second-order valence-corrected chi connectivity index (χ2v) is 9.46. The Kier molecular flexibility index (Phi) is 18.3. The molecule has 0 bridgehead atoms. The van der Waals surface area contributed by atoms with Crippen LogP contribution >= 0.6 is 0 Å². The highest BCUT2D eigenvalue weighted by Gasteiger charge is 2.18. The summed E-state index contributed by atoms with van der Waals surface area (Å²) in [4.78, 5) is 24.6. The van der Waals surface area contributed by atoms with Crippen molar-refractivity contribution in [3.8, 4) is 0 Å². The number of rotatable bonds is 22. The van der Waals surface area contributed by atoms with E-state index in [0.717, 1.165) is 25.7 Å². The van der Waals surface area contributed by atoms with Crippen LogP contribution in [0.1, 0.15) is 103 Å². The van der Waals surface area contributed by atoms with E-state index < -0.39 is 13.2 Å². The number of unbranched alkanes of at least 4 members (excludes halogenated alkanes) is 11. The molecule has 0 saturated carbocycles. The Morgan fingerprint density at radius 3 is 2.19 bits per heavy atom. The van der Waals surface area contributed by atoms with Gasteiger partial charge in [-0.1, -0.05) is 83.3 Å². The largest absolute Gasteiger partial charge is 0.488 e. The van der Waals surface area contributed by atoms with Crippen LogP contribution in [0.25, 0.3) is 0 Å². The molecule has 0 heterocycles. The molecular formula is C27H47BN4O4. The second-order valence-electron chi connectivity index (χ2n) is 9.46. The average molecular weight is 503 g/mol. The third-order valence-electron chi connectivity index (χ3n) is 6.27. The predicted molar refractivity (Wildman–Crippen MR) is 149 cm³/mol. The molecule has 0 spiro atoms. The van der Waals surface area contributed by atoms with E-state index in [-0.39, 0.29) is 11.8 Å². The summed E-state index contributed by atoms with van der Waals surface area (Å²) in [6, 6.07) is 5.81. The zero-order chi connectivity index (χ0) is 26.4. The molecule has 0 aliphatic rings. The first-order valence-electron chi connectivity index (χ1n) is 13.7. The van der Waals surface area contributed by atoms with Crippen LogP contribution in [0.4, 0.5) is 5.69 Å². The van der Waals surface area contributed by atoms with Gasteiger partial charge in [0, 0.05) is 25.4 Å². The molecule has 0 radical (unpaired) electrons. The lowest BCUT2D eigenvalue weighted by molar-refractivity contribution is -0.121. The number of nitrogens with zero attached hydrogens (tertiary/aromatic N) is 1. The number of hydrazone groups is 1. The number of carbonyl (C=O) groups is 2. The van der Waals surface area contributed by atoms with Crippen LogP contribution in [0.15, 0.2) is 29.4 Å². The molecule has 1 aromatic rings. The van der Waals surface area contributed by atoms with E-state index in [9.17, 15) is 19.6 Å². The normalized spacial score (nSPS) is 11.5. The molecular weight excluding hydrogens is 455 g/mol. The fourth-order valence-corrected chi connectivity index (χ4v) is 4.11. The monoisotopic (exact) mass is 502 g/mol. The van der Waals surface area contributed by atoms with Crippen molar-refractivity contribution in [2.45, 2.75) is 109 Å². The maximum Gasteiger partial charge on any atom is 0.488 e. The van der Waals surface area contributed by atoms with Gasteiger partial charge in [-0.2, -0.15) is 5.10 Å². The Morgan fingerprint density at radius 2 is 1.58 bits per heavy atom. The standard InChI is InChI=1S/C27H47BN4O4/c1-3-4-5-6-7-8-9-10-11-12-13-20-26(33)30-21-15-14-19-25(32-29-2)27(34)31-24-18-16-17-23(22-24)28(35)36/h16-18,22,25,32,35-36H,2-15,19-21H2,1H3,(H,30,33)(H,31,34). The zero-order valence-electron chi connectivity index (χ0n) is 22.1. The van der Waals surface area contributed by atoms with Crippen molar-refractivity contribution in [2.75, 3.05) is 11.9 Å². The zero-order valence-corrected chi connectivity index (χ0v) is 22.1. The minimum atomic E-state index is -1.60. The molecule has 2 amide bonds. The molecule has 9 heteroatoms. The highest BCUT2D eigenvalue weighted by molar-refractivity contribution is 6.58. The quantitative estimate of drug-likeness (QED) is 0.0713. The first kappa shape index (κ1) is 31.6. The van der Waals surface area contributed by atoms with Gasteiger partial charge in [0.1, 0.15) is 6.04 Å². The van der Waals surface area contributed by atoms with Gasteiger partial charge in [0.25, 0.3) is 0 Å². The molecule has 202 valence electrons. The molecule has 1 atom stereocenters. The van der Waals surface area contributed by atoms with Crippen LogP contribution in [0.5, 0.6) is 0 Å². The summed E-state index contributed by atoms with van der Waals surface area (Å²) in [5, 5.41) is 27.9. The maximum atomic E-state index is 12.6. The number of benzene rings is 1. The van der Waals surface area contributed by atoms with E-state index in [1.54, 1.807) is 18.2 Å². The number of hydrogen-bond acceptors (Lipinski definition) is 6. The fraction of sp³-hybridized carbons (Fsp3) is 0.667. The summed E-state index contributed by atoms with van der Waals surface area (Å²) in [5.74, 6) is -0.190. The van der Waals surface area contributed by atoms with E-state index >= 15 is 0 Å². The number of amides is 2. The Hall–Kier alpha value is -2.39. The average Bonchev–Trinajstić information content (AvgIpc) is 2.86. The van der Waals surface area contributed by atoms with Crippen LogP contribution in [0.3, 0.4) is 0 Å². The minimum absolute atomic E-state index is 0.0945. The van der Waals surface area contributed by atoms with Crippen molar-refractivity contribution in [3.63, 3.8) is 0 Å². The number of anilines is 1. The predicted octanol–water partition coefficient (Wildman–Crippen LogP) is 3.87. The van der Waals surface area contributed by atoms with Gasteiger partial charge in [0.15, 0.2) is 0 Å². The smallest absolute Gasteiger partial charge is 0.423 e. The van der Waals surface area contributed by atoms with Crippen molar-refractivity contribution < 1.29 is 19.6 Å². The molecule has 1 rings (SSSR count). The summed E-state index contributed by atoms with van der Waals surface area (Å²) in [5.41, 5.74) is 3.48. The Morgan fingerprint density at radius 1 is 0.944 bits per heavy atom. The van der Waals surface area contributed by atoms with E-state index in [2.05, 4.69) is 34.8 Å².